The molecule has 1 unspecified atom stereocenters. The first-order valence-corrected chi connectivity index (χ1v) is 9.79. The summed E-state index contributed by atoms with van der Waals surface area (Å²) in [5.41, 5.74) is 1.73. The lowest BCUT2D eigenvalue weighted by Gasteiger charge is -2.24. The SMILES string of the molecule is COc1ccc(-c2noc(CN(Cc3ccccc3O)CC3CCCO3)n2)cc1. The zero-order valence-electron chi connectivity index (χ0n) is 16.5. The van der Waals surface area contributed by atoms with E-state index in [1.807, 2.05) is 42.5 Å². The molecule has 0 aliphatic carbocycles. The van der Waals surface area contributed by atoms with Crippen molar-refractivity contribution in [1.29, 1.82) is 0 Å². The molecule has 0 radical (unpaired) electrons. The Bertz CT molecular complexity index is 920. The van der Waals surface area contributed by atoms with Crippen molar-refractivity contribution < 1.29 is 19.1 Å². The summed E-state index contributed by atoms with van der Waals surface area (Å²) in [5.74, 6) is 2.14. The molecule has 29 heavy (non-hydrogen) atoms. The van der Waals surface area contributed by atoms with E-state index in [1.54, 1.807) is 13.2 Å². The Morgan fingerprint density at radius 3 is 2.69 bits per heavy atom. The fourth-order valence-corrected chi connectivity index (χ4v) is 3.51. The van der Waals surface area contributed by atoms with Gasteiger partial charge in [0.2, 0.25) is 11.7 Å². The van der Waals surface area contributed by atoms with Crippen LogP contribution in [0.5, 0.6) is 11.5 Å². The second kappa shape index (κ2) is 9.07. The second-order valence-corrected chi connectivity index (χ2v) is 7.17. The molecular weight excluding hydrogens is 370 g/mol. The molecule has 0 amide bonds. The summed E-state index contributed by atoms with van der Waals surface area (Å²) in [6.45, 7) is 2.61. The van der Waals surface area contributed by atoms with Crippen molar-refractivity contribution in [2.45, 2.75) is 32.0 Å². The number of para-hydroxylation sites is 1. The third kappa shape index (κ3) is 4.93. The highest BCUT2D eigenvalue weighted by Gasteiger charge is 2.22. The maximum atomic E-state index is 10.2. The van der Waals surface area contributed by atoms with Crippen molar-refractivity contribution in [1.82, 2.24) is 15.0 Å². The molecule has 0 saturated carbocycles. The average molecular weight is 395 g/mol. The highest BCUT2D eigenvalue weighted by molar-refractivity contribution is 5.55. The summed E-state index contributed by atoms with van der Waals surface area (Å²) < 4.78 is 16.5. The van der Waals surface area contributed by atoms with Crippen LogP contribution in [-0.2, 0) is 17.8 Å². The van der Waals surface area contributed by atoms with Crippen LogP contribution >= 0.6 is 0 Å². The zero-order valence-corrected chi connectivity index (χ0v) is 16.5. The van der Waals surface area contributed by atoms with Crippen LogP contribution in [0, 0.1) is 0 Å². The Morgan fingerprint density at radius 2 is 1.97 bits per heavy atom. The van der Waals surface area contributed by atoms with E-state index in [2.05, 4.69) is 15.0 Å². The summed E-state index contributed by atoms with van der Waals surface area (Å²) in [6.07, 6.45) is 2.31. The fraction of sp³-hybridized carbons (Fsp3) is 0.364. The third-order valence-electron chi connectivity index (χ3n) is 5.05. The summed E-state index contributed by atoms with van der Waals surface area (Å²) in [6, 6.07) is 14.9. The van der Waals surface area contributed by atoms with Gasteiger partial charge < -0.3 is 19.1 Å². The molecular formula is C22H25N3O4. The minimum Gasteiger partial charge on any atom is -0.508 e. The molecule has 0 spiro atoms. The molecule has 1 aliphatic rings. The van der Waals surface area contributed by atoms with Crippen molar-refractivity contribution in [2.75, 3.05) is 20.3 Å². The quantitative estimate of drug-likeness (QED) is 0.624. The van der Waals surface area contributed by atoms with Crippen LogP contribution in [0.4, 0.5) is 0 Å². The van der Waals surface area contributed by atoms with Gasteiger partial charge in [-0.15, -0.1) is 0 Å². The van der Waals surface area contributed by atoms with Crippen molar-refractivity contribution in [3.63, 3.8) is 0 Å². The van der Waals surface area contributed by atoms with Crippen LogP contribution in [0.2, 0.25) is 0 Å². The third-order valence-corrected chi connectivity index (χ3v) is 5.05. The van der Waals surface area contributed by atoms with Crippen molar-refractivity contribution >= 4 is 0 Å². The average Bonchev–Trinajstić information content (AvgIpc) is 3.42. The number of nitrogens with zero attached hydrogens (tertiary/aromatic N) is 3. The van der Waals surface area contributed by atoms with E-state index < -0.39 is 0 Å². The van der Waals surface area contributed by atoms with E-state index >= 15 is 0 Å². The number of aromatic hydroxyl groups is 1. The number of ether oxygens (including phenoxy) is 2. The number of methoxy groups -OCH3 is 1. The van der Waals surface area contributed by atoms with Gasteiger partial charge in [0.1, 0.15) is 11.5 Å². The molecule has 1 aliphatic heterocycles. The van der Waals surface area contributed by atoms with Crippen molar-refractivity contribution in [3.05, 3.63) is 60.0 Å². The van der Waals surface area contributed by atoms with Crippen LogP contribution in [0.25, 0.3) is 11.4 Å². The Labute approximate surface area is 169 Å². The topological polar surface area (TPSA) is 80.9 Å². The number of rotatable bonds is 8. The maximum Gasteiger partial charge on any atom is 0.241 e. The molecule has 7 nitrogen and oxygen atoms in total. The van der Waals surface area contributed by atoms with Gasteiger partial charge in [-0.2, -0.15) is 4.98 Å². The van der Waals surface area contributed by atoms with Crippen LogP contribution in [0.3, 0.4) is 0 Å². The van der Waals surface area contributed by atoms with Crippen molar-refractivity contribution in [3.8, 4) is 22.9 Å². The van der Waals surface area contributed by atoms with Crippen molar-refractivity contribution in [2.24, 2.45) is 0 Å². The first-order chi connectivity index (χ1) is 14.2. The first kappa shape index (κ1) is 19.4. The molecule has 152 valence electrons. The second-order valence-electron chi connectivity index (χ2n) is 7.17. The van der Waals surface area contributed by atoms with Gasteiger partial charge in [-0.1, -0.05) is 23.4 Å². The van der Waals surface area contributed by atoms with E-state index in [9.17, 15) is 5.11 Å². The summed E-state index contributed by atoms with van der Waals surface area (Å²) >= 11 is 0. The van der Waals surface area contributed by atoms with E-state index in [0.29, 0.717) is 24.8 Å². The van der Waals surface area contributed by atoms with Gasteiger partial charge in [0.05, 0.1) is 19.8 Å². The van der Waals surface area contributed by atoms with Gasteiger partial charge in [0, 0.05) is 30.8 Å². The van der Waals surface area contributed by atoms with Gasteiger partial charge in [-0.25, -0.2) is 0 Å². The molecule has 1 saturated heterocycles. The number of hydrogen-bond acceptors (Lipinski definition) is 7. The normalized spacial score (nSPS) is 16.4. The Kier molecular flexibility index (Phi) is 6.07. The summed E-state index contributed by atoms with van der Waals surface area (Å²) in [5, 5.41) is 14.3. The molecule has 2 heterocycles. The monoisotopic (exact) mass is 395 g/mol. The van der Waals surface area contributed by atoms with Crippen LogP contribution in [0.15, 0.2) is 53.1 Å². The predicted molar refractivity (Wildman–Crippen MR) is 107 cm³/mol. The van der Waals surface area contributed by atoms with E-state index in [4.69, 9.17) is 14.0 Å². The predicted octanol–water partition coefficient (Wildman–Crippen LogP) is 3.63. The summed E-state index contributed by atoms with van der Waals surface area (Å²) in [4.78, 5) is 6.73. The number of benzene rings is 2. The highest BCUT2D eigenvalue weighted by Crippen LogP contribution is 2.23. The lowest BCUT2D eigenvalue weighted by molar-refractivity contribution is 0.0637. The smallest absolute Gasteiger partial charge is 0.241 e. The minimum atomic E-state index is 0.185. The van der Waals surface area contributed by atoms with E-state index in [0.717, 1.165) is 42.9 Å². The lowest BCUT2D eigenvalue weighted by Crippen LogP contribution is -2.31. The zero-order chi connectivity index (χ0) is 20.1. The Balaban J connectivity index is 1.49. The van der Waals surface area contributed by atoms with Crippen LogP contribution in [0.1, 0.15) is 24.3 Å². The lowest BCUT2D eigenvalue weighted by atomic mass is 10.1. The summed E-state index contributed by atoms with van der Waals surface area (Å²) in [7, 11) is 1.63. The standard InChI is InChI=1S/C22H25N3O4/c1-27-18-10-8-16(9-11-18)22-23-21(29-24-22)15-25(14-19-6-4-12-28-19)13-17-5-2-3-7-20(17)26/h2-3,5,7-11,19,26H,4,6,12-15H2,1H3. The fourth-order valence-electron chi connectivity index (χ4n) is 3.51. The van der Waals surface area contributed by atoms with Crippen LogP contribution in [-0.4, -0.2) is 46.5 Å². The number of aromatic nitrogens is 2. The number of phenolic OH excluding ortho intramolecular Hbond substituents is 1. The minimum absolute atomic E-state index is 0.185. The molecule has 0 bridgehead atoms. The van der Waals surface area contributed by atoms with Gasteiger partial charge in [-0.3, -0.25) is 4.90 Å². The number of hydrogen-bond donors (Lipinski definition) is 1. The largest absolute Gasteiger partial charge is 0.508 e. The molecule has 7 heteroatoms. The van der Waals surface area contributed by atoms with Gasteiger partial charge >= 0.3 is 0 Å². The van der Waals surface area contributed by atoms with Gasteiger partial charge in [-0.05, 0) is 43.2 Å². The molecule has 1 fully saturated rings. The molecule has 2 aromatic carbocycles. The Hall–Kier alpha value is -2.90. The highest BCUT2D eigenvalue weighted by atomic mass is 16.5. The molecule has 1 aromatic heterocycles. The van der Waals surface area contributed by atoms with E-state index in [-0.39, 0.29) is 11.9 Å². The Morgan fingerprint density at radius 1 is 1.14 bits per heavy atom. The molecule has 1 atom stereocenters. The maximum absolute atomic E-state index is 10.2. The molecule has 4 rings (SSSR count). The van der Waals surface area contributed by atoms with Gasteiger partial charge in [0.15, 0.2) is 0 Å². The number of phenols is 1. The van der Waals surface area contributed by atoms with E-state index in [1.165, 1.54) is 0 Å². The molecule has 1 N–H and O–H groups in total. The first-order valence-electron chi connectivity index (χ1n) is 9.79. The van der Waals surface area contributed by atoms with Gasteiger partial charge in [0.25, 0.3) is 0 Å². The molecule has 3 aromatic rings. The van der Waals surface area contributed by atoms with Crippen LogP contribution < -0.4 is 4.74 Å².